The summed E-state index contributed by atoms with van der Waals surface area (Å²) >= 11 is 0. The highest BCUT2D eigenvalue weighted by atomic mass is 16.6. The minimum absolute atomic E-state index is 0.0481. The van der Waals surface area contributed by atoms with Gasteiger partial charge >= 0.3 is 0 Å². The van der Waals surface area contributed by atoms with Crippen molar-refractivity contribution in [3.05, 3.63) is 33.9 Å². The van der Waals surface area contributed by atoms with Gasteiger partial charge in [-0.2, -0.15) is 0 Å². The first-order valence-electron chi connectivity index (χ1n) is 5.73. The molecule has 1 amide bonds. The summed E-state index contributed by atoms with van der Waals surface area (Å²) in [5.41, 5.74) is -0.0812. The highest BCUT2D eigenvalue weighted by Gasteiger charge is 2.18. The fraction of sp³-hybridized carbons (Fsp3) is 0.417. The molecule has 104 valence electrons. The first-order valence-corrected chi connectivity index (χ1v) is 5.73. The molecule has 0 spiro atoms. The first kappa shape index (κ1) is 14.9. The number of amides is 1. The number of nitrogens with zero attached hydrogens (tertiary/aromatic N) is 1. The molecule has 1 aromatic carbocycles. The van der Waals surface area contributed by atoms with Gasteiger partial charge in [-0.25, -0.2) is 0 Å². The van der Waals surface area contributed by atoms with Crippen molar-refractivity contribution in [3.63, 3.8) is 0 Å². The Hall–Kier alpha value is -2.15. The predicted octanol–water partition coefficient (Wildman–Crippen LogP) is 1.10. The standard InChI is InChI=1S/C12H16N2O5/c1-8(5-6-15)13-12(16)10-7-9(14(17)18)3-4-11(10)19-2/h3-4,7-8,15H,5-6H2,1-2H3,(H,13,16). The van der Waals surface area contributed by atoms with Gasteiger partial charge in [-0.05, 0) is 19.4 Å². The van der Waals surface area contributed by atoms with Crippen LogP contribution in [0.4, 0.5) is 5.69 Å². The van der Waals surface area contributed by atoms with Crippen molar-refractivity contribution in [2.24, 2.45) is 0 Å². The molecule has 0 aliphatic rings. The average Bonchev–Trinajstić information content (AvgIpc) is 2.37. The van der Waals surface area contributed by atoms with Crippen LogP contribution in [-0.2, 0) is 0 Å². The molecule has 0 saturated heterocycles. The smallest absolute Gasteiger partial charge is 0.270 e. The Labute approximate surface area is 110 Å². The molecule has 1 unspecified atom stereocenters. The second kappa shape index (κ2) is 6.69. The molecule has 1 rings (SSSR count). The number of aliphatic hydroxyl groups is 1. The second-order valence-corrected chi connectivity index (χ2v) is 4.03. The fourth-order valence-corrected chi connectivity index (χ4v) is 1.55. The summed E-state index contributed by atoms with van der Waals surface area (Å²) in [7, 11) is 1.38. The molecule has 1 atom stereocenters. The first-order chi connectivity index (χ1) is 8.99. The van der Waals surface area contributed by atoms with Crippen LogP contribution in [0.5, 0.6) is 5.75 Å². The lowest BCUT2D eigenvalue weighted by Crippen LogP contribution is -2.33. The Bertz CT molecular complexity index is 475. The highest BCUT2D eigenvalue weighted by molar-refractivity contribution is 5.97. The zero-order valence-corrected chi connectivity index (χ0v) is 10.8. The molecular formula is C12H16N2O5. The van der Waals surface area contributed by atoms with Crippen molar-refractivity contribution in [2.75, 3.05) is 13.7 Å². The molecule has 19 heavy (non-hydrogen) atoms. The van der Waals surface area contributed by atoms with Crippen LogP contribution in [-0.4, -0.2) is 35.7 Å². The number of hydrogen-bond donors (Lipinski definition) is 2. The van der Waals surface area contributed by atoms with E-state index in [0.29, 0.717) is 6.42 Å². The third kappa shape index (κ3) is 3.92. The fourth-order valence-electron chi connectivity index (χ4n) is 1.55. The summed E-state index contributed by atoms with van der Waals surface area (Å²) in [6, 6.07) is 3.58. The summed E-state index contributed by atoms with van der Waals surface area (Å²) in [6.07, 6.45) is 0.406. The van der Waals surface area contributed by atoms with E-state index in [1.165, 1.54) is 25.3 Å². The van der Waals surface area contributed by atoms with Gasteiger partial charge in [0.1, 0.15) is 5.75 Å². The minimum atomic E-state index is -0.576. The van der Waals surface area contributed by atoms with E-state index in [0.717, 1.165) is 0 Å². The number of non-ortho nitro benzene ring substituents is 1. The van der Waals surface area contributed by atoms with E-state index in [1.807, 2.05) is 0 Å². The zero-order valence-electron chi connectivity index (χ0n) is 10.8. The number of benzene rings is 1. The predicted molar refractivity (Wildman–Crippen MR) is 68.3 cm³/mol. The van der Waals surface area contributed by atoms with Gasteiger partial charge in [0.25, 0.3) is 11.6 Å². The SMILES string of the molecule is COc1ccc([N+](=O)[O-])cc1C(=O)NC(C)CCO. The van der Waals surface area contributed by atoms with Crippen molar-refractivity contribution in [2.45, 2.75) is 19.4 Å². The van der Waals surface area contributed by atoms with Crippen LogP contribution in [0.15, 0.2) is 18.2 Å². The number of nitro groups is 1. The van der Waals surface area contributed by atoms with E-state index in [1.54, 1.807) is 6.92 Å². The number of hydrogen-bond acceptors (Lipinski definition) is 5. The highest BCUT2D eigenvalue weighted by Crippen LogP contribution is 2.23. The maximum atomic E-state index is 12.0. The summed E-state index contributed by atoms with van der Waals surface area (Å²) in [6.45, 7) is 1.69. The van der Waals surface area contributed by atoms with Gasteiger partial charge in [0, 0.05) is 24.8 Å². The summed E-state index contributed by atoms with van der Waals surface area (Å²) in [5, 5.41) is 22.1. The lowest BCUT2D eigenvalue weighted by Gasteiger charge is -2.14. The van der Waals surface area contributed by atoms with Crippen molar-refractivity contribution < 1.29 is 19.6 Å². The number of nitro benzene ring substituents is 1. The summed E-state index contributed by atoms with van der Waals surface area (Å²) < 4.78 is 5.01. The summed E-state index contributed by atoms with van der Waals surface area (Å²) in [4.78, 5) is 22.1. The number of carbonyl (C=O) groups is 1. The van der Waals surface area contributed by atoms with Crippen LogP contribution in [0.25, 0.3) is 0 Å². The molecule has 0 heterocycles. The molecular weight excluding hydrogens is 252 g/mol. The Morgan fingerprint density at radius 1 is 1.58 bits per heavy atom. The molecule has 7 nitrogen and oxygen atoms in total. The third-order valence-corrected chi connectivity index (χ3v) is 2.58. The Morgan fingerprint density at radius 3 is 2.79 bits per heavy atom. The minimum Gasteiger partial charge on any atom is -0.496 e. The molecule has 0 bridgehead atoms. The number of carbonyl (C=O) groups excluding carboxylic acids is 1. The van der Waals surface area contributed by atoms with E-state index < -0.39 is 10.8 Å². The van der Waals surface area contributed by atoms with E-state index >= 15 is 0 Å². The number of rotatable bonds is 6. The summed E-state index contributed by atoms with van der Waals surface area (Å²) in [5.74, 6) is -0.208. The normalized spacial score (nSPS) is 11.7. The van der Waals surface area contributed by atoms with Gasteiger partial charge in [0.15, 0.2) is 0 Å². The van der Waals surface area contributed by atoms with Crippen molar-refractivity contribution >= 4 is 11.6 Å². The molecule has 0 saturated carbocycles. The van der Waals surface area contributed by atoms with Crippen molar-refractivity contribution in [1.29, 1.82) is 0 Å². The van der Waals surface area contributed by atoms with Crippen LogP contribution >= 0.6 is 0 Å². The Balaban J connectivity index is 2.99. The number of aliphatic hydroxyl groups excluding tert-OH is 1. The van der Waals surface area contributed by atoms with Gasteiger partial charge in [0.2, 0.25) is 0 Å². The molecule has 0 radical (unpaired) electrons. The lowest BCUT2D eigenvalue weighted by molar-refractivity contribution is -0.384. The molecule has 0 aromatic heterocycles. The van der Waals surface area contributed by atoms with E-state index in [9.17, 15) is 14.9 Å². The Kier molecular flexibility index (Phi) is 5.25. The zero-order chi connectivity index (χ0) is 14.4. The maximum Gasteiger partial charge on any atom is 0.270 e. The molecule has 2 N–H and O–H groups in total. The molecule has 0 aliphatic carbocycles. The van der Waals surface area contributed by atoms with E-state index in [4.69, 9.17) is 9.84 Å². The van der Waals surface area contributed by atoms with Crippen LogP contribution in [0, 0.1) is 10.1 Å². The topological polar surface area (TPSA) is 102 Å². The molecule has 7 heteroatoms. The number of methoxy groups -OCH3 is 1. The van der Waals surface area contributed by atoms with Crippen molar-refractivity contribution in [1.82, 2.24) is 5.32 Å². The van der Waals surface area contributed by atoms with E-state index in [2.05, 4.69) is 5.32 Å². The average molecular weight is 268 g/mol. The van der Waals surface area contributed by atoms with Crippen LogP contribution in [0.2, 0.25) is 0 Å². The van der Waals surface area contributed by atoms with Gasteiger partial charge in [0.05, 0.1) is 17.6 Å². The van der Waals surface area contributed by atoms with Gasteiger partial charge < -0.3 is 15.2 Å². The number of nitrogens with one attached hydrogen (secondary N) is 1. The van der Waals surface area contributed by atoms with E-state index in [-0.39, 0.29) is 29.6 Å². The quantitative estimate of drug-likeness (QED) is 0.594. The third-order valence-electron chi connectivity index (χ3n) is 2.58. The molecule has 1 aromatic rings. The monoisotopic (exact) mass is 268 g/mol. The van der Waals surface area contributed by atoms with Gasteiger partial charge in [-0.15, -0.1) is 0 Å². The van der Waals surface area contributed by atoms with Gasteiger partial charge in [-0.3, -0.25) is 14.9 Å². The maximum absolute atomic E-state index is 12.0. The molecule has 0 aliphatic heterocycles. The second-order valence-electron chi connectivity index (χ2n) is 4.03. The van der Waals surface area contributed by atoms with Gasteiger partial charge in [-0.1, -0.05) is 0 Å². The molecule has 0 fully saturated rings. The Morgan fingerprint density at radius 2 is 2.26 bits per heavy atom. The lowest BCUT2D eigenvalue weighted by atomic mass is 10.1. The van der Waals surface area contributed by atoms with Crippen LogP contribution in [0.1, 0.15) is 23.7 Å². The van der Waals surface area contributed by atoms with Crippen LogP contribution in [0.3, 0.4) is 0 Å². The largest absolute Gasteiger partial charge is 0.496 e. The number of ether oxygens (including phenoxy) is 1. The van der Waals surface area contributed by atoms with Crippen LogP contribution < -0.4 is 10.1 Å². The van der Waals surface area contributed by atoms with Crippen molar-refractivity contribution in [3.8, 4) is 5.75 Å².